The standard InChI is InChI=1S/C16H19N3O4/c1-10(20)19-6-4-12(5-7-19)15(21)17-9-11-2-3-14-13(8-11)18-16(22)23-14/h2-3,8,12H,4-7,9H2,1H3,(H,17,21)(H,18,22). The highest BCUT2D eigenvalue weighted by atomic mass is 16.4. The third-order valence-electron chi connectivity index (χ3n) is 4.26. The molecule has 1 aliphatic heterocycles. The molecule has 0 spiro atoms. The van der Waals surface area contributed by atoms with Gasteiger partial charge in [0, 0.05) is 32.5 Å². The number of aromatic nitrogens is 1. The van der Waals surface area contributed by atoms with E-state index in [0.29, 0.717) is 43.6 Å². The highest BCUT2D eigenvalue weighted by Gasteiger charge is 2.25. The summed E-state index contributed by atoms with van der Waals surface area (Å²) in [6, 6.07) is 5.32. The number of amides is 2. The number of carbonyl (C=O) groups excluding carboxylic acids is 2. The molecule has 2 amide bonds. The highest BCUT2D eigenvalue weighted by Crippen LogP contribution is 2.18. The molecule has 3 rings (SSSR count). The largest absolute Gasteiger partial charge is 0.417 e. The number of piperidine rings is 1. The topological polar surface area (TPSA) is 95.4 Å². The quantitative estimate of drug-likeness (QED) is 0.882. The van der Waals surface area contributed by atoms with E-state index in [4.69, 9.17) is 4.42 Å². The fourth-order valence-electron chi connectivity index (χ4n) is 2.90. The van der Waals surface area contributed by atoms with E-state index in [2.05, 4.69) is 10.3 Å². The van der Waals surface area contributed by atoms with Gasteiger partial charge in [-0.25, -0.2) is 4.79 Å². The van der Waals surface area contributed by atoms with Gasteiger partial charge in [0.05, 0.1) is 5.52 Å². The SMILES string of the molecule is CC(=O)N1CCC(C(=O)NCc2ccc3oc(=O)[nH]c3c2)CC1. The van der Waals surface area contributed by atoms with Crippen LogP contribution in [0.1, 0.15) is 25.3 Å². The van der Waals surface area contributed by atoms with E-state index in [1.807, 2.05) is 6.07 Å². The van der Waals surface area contributed by atoms with Crippen molar-refractivity contribution >= 4 is 22.9 Å². The van der Waals surface area contributed by atoms with Gasteiger partial charge in [0.25, 0.3) is 0 Å². The van der Waals surface area contributed by atoms with Gasteiger partial charge in [-0.1, -0.05) is 6.07 Å². The number of hydrogen-bond donors (Lipinski definition) is 2. The van der Waals surface area contributed by atoms with Crippen molar-refractivity contribution in [2.45, 2.75) is 26.3 Å². The lowest BCUT2D eigenvalue weighted by molar-refractivity contribution is -0.134. The maximum atomic E-state index is 12.2. The van der Waals surface area contributed by atoms with Crippen LogP contribution < -0.4 is 11.1 Å². The first-order valence-corrected chi connectivity index (χ1v) is 7.68. The van der Waals surface area contributed by atoms with Crippen molar-refractivity contribution < 1.29 is 14.0 Å². The molecule has 1 fully saturated rings. The van der Waals surface area contributed by atoms with Crippen LogP contribution in [-0.4, -0.2) is 34.8 Å². The molecule has 1 aliphatic rings. The molecule has 1 aromatic heterocycles. The van der Waals surface area contributed by atoms with Gasteiger partial charge in [0.1, 0.15) is 0 Å². The van der Waals surface area contributed by atoms with Gasteiger partial charge < -0.3 is 14.6 Å². The zero-order valence-electron chi connectivity index (χ0n) is 12.9. The molecule has 2 N–H and O–H groups in total. The van der Waals surface area contributed by atoms with Gasteiger partial charge in [-0.2, -0.15) is 0 Å². The Morgan fingerprint density at radius 1 is 1.35 bits per heavy atom. The number of carbonyl (C=O) groups is 2. The summed E-state index contributed by atoms with van der Waals surface area (Å²) in [6.07, 6.45) is 1.39. The maximum absolute atomic E-state index is 12.2. The summed E-state index contributed by atoms with van der Waals surface area (Å²) in [5.74, 6) is -0.471. The molecule has 0 bridgehead atoms. The van der Waals surface area contributed by atoms with Crippen molar-refractivity contribution in [3.05, 3.63) is 34.3 Å². The molecule has 2 aromatic rings. The van der Waals surface area contributed by atoms with Crippen LogP contribution in [0.25, 0.3) is 11.1 Å². The van der Waals surface area contributed by atoms with Crippen LogP contribution in [-0.2, 0) is 16.1 Å². The van der Waals surface area contributed by atoms with Crippen molar-refractivity contribution in [1.82, 2.24) is 15.2 Å². The van der Waals surface area contributed by atoms with Crippen LogP contribution >= 0.6 is 0 Å². The van der Waals surface area contributed by atoms with E-state index in [-0.39, 0.29) is 17.7 Å². The van der Waals surface area contributed by atoms with Crippen LogP contribution in [0.3, 0.4) is 0 Å². The monoisotopic (exact) mass is 317 g/mol. The molecule has 7 nitrogen and oxygen atoms in total. The molecule has 0 radical (unpaired) electrons. The lowest BCUT2D eigenvalue weighted by Gasteiger charge is -2.30. The average Bonchev–Trinajstić information content (AvgIpc) is 2.92. The number of benzene rings is 1. The normalized spacial score (nSPS) is 15.8. The lowest BCUT2D eigenvalue weighted by Crippen LogP contribution is -2.42. The highest BCUT2D eigenvalue weighted by molar-refractivity contribution is 5.80. The minimum Gasteiger partial charge on any atom is -0.408 e. The Morgan fingerprint density at radius 2 is 2.09 bits per heavy atom. The van der Waals surface area contributed by atoms with Crippen molar-refractivity contribution in [3.63, 3.8) is 0 Å². The minimum atomic E-state index is -0.488. The summed E-state index contributed by atoms with van der Waals surface area (Å²) in [4.78, 5) is 39.0. The number of rotatable bonds is 3. The molecule has 1 saturated heterocycles. The third-order valence-corrected chi connectivity index (χ3v) is 4.26. The van der Waals surface area contributed by atoms with Crippen molar-refractivity contribution in [3.8, 4) is 0 Å². The van der Waals surface area contributed by atoms with Crippen LogP contribution in [0.2, 0.25) is 0 Å². The lowest BCUT2D eigenvalue weighted by atomic mass is 9.96. The van der Waals surface area contributed by atoms with Crippen molar-refractivity contribution in [2.75, 3.05) is 13.1 Å². The predicted molar refractivity (Wildman–Crippen MR) is 83.7 cm³/mol. The molecule has 2 heterocycles. The van der Waals surface area contributed by atoms with Crippen LogP contribution in [0, 0.1) is 5.92 Å². The minimum absolute atomic E-state index is 0.00832. The Morgan fingerprint density at radius 3 is 2.78 bits per heavy atom. The Bertz CT molecular complexity index is 784. The molecular weight excluding hydrogens is 298 g/mol. The van der Waals surface area contributed by atoms with E-state index in [1.165, 1.54) is 0 Å². The molecule has 0 unspecified atom stereocenters. The molecular formula is C16H19N3O4. The number of fused-ring (bicyclic) bond motifs is 1. The molecule has 0 atom stereocenters. The van der Waals surface area contributed by atoms with Gasteiger partial charge in [0.2, 0.25) is 11.8 Å². The molecule has 23 heavy (non-hydrogen) atoms. The Balaban J connectivity index is 1.56. The zero-order valence-corrected chi connectivity index (χ0v) is 12.9. The Hall–Kier alpha value is -2.57. The van der Waals surface area contributed by atoms with Crippen molar-refractivity contribution in [1.29, 1.82) is 0 Å². The number of nitrogens with zero attached hydrogens (tertiary/aromatic N) is 1. The summed E-state index contributed by atoms with van der Waals surface area (Å²) in [5, 5.41) is 2.92. The average molecular weight is 317 g/mol. The summed E-state index contributed by atoms with van der Waals surface area (Å²) < 4.78 is 4.94. The molecule has 0 aliphatic carbocycles. The number of likely N-dealkylation sites (tertiary alicyclic amines) is 1. The van der Waals surface area contributed by atoms with E-state index >= 15 is 0 Å². The first kappa shape index (κ1) is 15.3. The summed E-state index contributed by atoms with van der Waals surface area (Å²) in [7, 11) is 0. The summed E-state index contributed by atoms with van der Waals surface area (Å²) in [6.45, 7) is 3.22. The first-order valence-electron chi connectivity index (χ1n) is 7.68. The van der Waals surface area contributed by atoms with E-state index in [0.717, 1.165) is 5.56 Å². The maximum Gasteiger partial charge on any atom is 0.417 e. The van der Waals surface area contributed by atoms with Crippen LogP contribution in [0.5, 0.6) is 0 Å². The molecule has 122 valence electrons. The molecule has 0 saturated carbocycles. The zero-order chi connectivity index (χ0) is 16.4. The van der Waals surface area contributed by atoms with E-state index in [1.54, 1.807) is 24.0 Å². The summed E-state index contributed by atoms with van der Waals surface area (Å²) in [5.41, 5.74) is 2.02. The molecule has 1 aromatic carbocycles. The second-order valence-electron chi connectivity index (χ2n) is 5.84. The van der Waals surface area contributed by atoms with Gasteiger partial charge in [0.15, 0.2) is 5.58 Å². The van der Waals surface area contributed by atoms with Gasteiger partial charge in [-0.05, 0) is 30.5 Å². The number of hydrogen-bond acceptors (Lipinski definition) is 4. The van der Waals surface area contributed by atoms with Gasteiger partial charge >= 0.3 is 5.76 Å². The number of oxazole rings is 1. The summed E-state index contributed by atoms with van der Waals surface area (Å²) >= 11 is 0. The second kappa shape index (κ2) is 6.28. The third kappa shape index (κ3) is 3.44. The predicted octanol–water partition coefficient (Wildman–Crippen LogP) is 0.996. The fraction of sp³-hybridized carbons (Fsp3) is 0.438. The van der Waals surface area contributed by atoms with E-state index < -0.39 is 5.76 Å². The smallest absolute Gasteiger partial charge is 0.408 e. The van der Waals surface area contributed by atoms with Gasteiger partial charge in [-0.15, -0.1) is 0 Å². The Kier molecular flexibility index (Phi) is 4.18. The number of nitrogens with one attached hydrogen (secondary N) is 2. The van der Waals surface area contributed by atoms with Crippen LogP contribution in [0.4, 0.5) is 0 Å². The van der Waals surface area contributed by atoms with Crippen molar-refractivity contribution in [2.24, 2.45) is 5.92 Å². The fourth-order valence-corrected chi connectivity index (χ4v) is 2.90. The van der Waals surface area contributed by atoms with Crippen LogP contribution in [0.15, 0.2) is 27.4 Å². The number of H-pyrrole nitrogens is 1. The first-order chi connectivity index (χ1) is 11.0. The second-order valence-corrected chi connectivity index (χ2v) is 5.84. The van der Waals surface area contributed by atoms with Gasteiger partial charge in [-0.3, -0.25) is 14.6 Å². The molecule has 7 heteroatoms. The Labute approximate surface area is 132 Å². The number of aromatic amines is 1. The van der Waals surface area contributed by atoms with E-state index in [9.17, 15) is 14.4 Å².